The highest BCUT2D eigenvalue weighted by atomic mass is 32.1. The summed E-state index contributed by atoms with van der Waals surface area (Å²) >= 11 is 1.71. The van der Waals surface area contributed by atoms with Crippen molar-refractivity contribution in [1.29, 1.82) is 0 Å². The molecule has 0 radical (unpaired) electrons. The van der Waals surface area contributed by atoms with Crippen molar-refractivity contribution in [3.8, 4) is 0 Å². The smallest absolute Gasteiger partial charge is 0.125 e. The lowest BCUT2D eigenvalue weighted by Gasteiger charge is -2.29. The van der Waals surface area contributed by atoms with Crippen LogP contribution in [0.2, 0.25) is 0 Å². The van der Waals surface area contributed by atoms with Crippen LogP contribution in [0.15, 0.2) is 6.20 Å². The van der Waals surface area contributed by atoms with Gasteiger partial charge in [0.15, 0.2) is 0 Å². The molecular weight excluding hydrogens is 220 g/mol. The highest BCUT2D eigenvalue weighted by molar-refractivity contribution is 7.11. The molecule has 1 fully saturated rings. The van der Waals surface area contributed by atoms with Crippen LogP contribution in [-0.4, -0.2) is 12.1 Å². The molecule has 1 aromatic heterocycles. The lowest BCUT2D eigenvalue weighted by molar-refractivity contribution is -0.0279. The van der Waals surface area contributed by atoms with E-state index in [-0.39, 0.29) is 5.60 Å². The number of thiazole rings is 1. The van der Waals surface area contributed by atoms with Gasteiger partial charge in [0.05, 0.1) is 0 Å². The van der Waals surface area contributed by atoms with E-state index in [1.807, 2.05) is 13.3 Å². The second kappa shape index (κ2) is 5.25. The molecule has 2 rings (SSSR count). The Balaban J connectivity index is 2.24. The third kappa shape index (κ3) is 2.29. The first-order valence-corrected chi connectivity index (χ1v) is 6.83. The molecule has 0 bridgehead atoms. The van der Waals surface area contributed by atoms with E-state index in [0.717, 1.165) is 22.7 Å². The molecule has 0 atom stereocenters. The van der Waals surface area contributed by atoms with Crippen LogP contribution in [0.5, 0.6) is 0 Å². The summed E-state index contributed by atoms with van der Waals surface area (Å²) in [6, 6.07) is 0. The molecule has 1 aromatic rings. The zero-order valence-electron chi connectivity index (χ0n) is 9.87. The van der Waals surface area contributed by atoms with Crippen molar-refractivity contribution in [2.75, 3.05) is 7.11 Å². The summed E-state index contributed by atoms with van der Waals surface area (Å²) < 4.78 is 5.81. The molecule has 1 heterocycles. The first-order valence-electron chi connectivity index (χ1n) is 6.01. The van der Waals surface area contributed by atoms with Crippen molar-refractivity contribution in [2.24, 2.45) is 5.73 Å². The van der Waals surface area contributed by atoms with Gasteiger partial charge in [0, 0.05) is 24.7 Å². The SMILES string of the molecule is COC1(c2ncc(CN)s2)CCCCCC1. The van der Waals surface area contributed by atoms with E-state index in [1.165, 1.54) is 25.7 Å². The largest absolute Gasteiger partial charge is 0.371 e. The molecule has 0 aliphatic heterocycles. The van der Waals surface area contributed by atoms with Crippen molar-refractivity contribution in [3.05, 3.63) is 16.1 Å². The molecule has 4 heteroatoms. The number of hydrogen-bond acceptors (Lipinski definition) is 4. The third-order valence-electron chi connectivity index (χ3n) is 3.45. The first-order chi connectivity index (χ1) is 7.80. The zero-order chi connectivity index (χ0) is 11.4. The van der Waals surface area contributed by atoms with Crippen LogP contribution < -0.4 is 5.73 Å². The average Bonchev–Trinajstić information content (AvgIpc) is 2.68. The molecule has 0 aromatic carbocycles. The summed E-state index contributed by atoms with van der Waals surface area (Å²) in [4.78, 5) is 5.66. The van der Waals surface area contributed by atoms with Crippen molar-refractivity contribution in [3.63, 3.8) is 0 Å². The quantitative estimate of drug-likeness (QED) is 0.826. The van der Waals surface area contributed by atoms with Gasteiger partial charge >= 0.3 is 0 Å². The van der Waals surface area contributed by atoms with E-state index in [0.29, 0.717) is 6.54 Å². The van der Waals surface area contributed by atoms with Gasteiger partial charge in [0.1, 0.15) is 10.6 Å². The van der Waals surface area contributed by atoms with Gasteiger partial charge in [0.25, 0.3) is 0 Å². The zero-order valence-corrected chi connectivity index (χ0v) is 10.7. The maximum absolute atomic E-state index is 5.81. The minimum atomic E-state index is -0.130. The van der Waals surface area contributed by atoms with Crippen LogP contribution in [0.25, 0.3) is 0 Å². The molecule has 16 heavy (non-hydrogen) atoms. The third-order valence-corrected chi connectivity index (χ3v) is 4.65. The van der Waals surface area contributed by atoms with Gasteiger partial charge in [-0.15, -0.1) is 11.3 Å². The molecule has 90 valence electrons. The Labute approximate surface area is 101 Å². The predicted molar refractivity (Wildman–Crippen MR) is 66.4 cm³/mol. The number of nitrogens with two attached hydrogens (primary N) is 1. The molecule has 0 amide bonds. The van der Waals surface area contributed by atoms with Crippen molar-refractivity contribution in [2.45, 2.75) is 50.7 Å². The summed E-state index contributed by atoms with van der Waals surface area (Å²) in [5.74, 6) is 0. The monoisotopic (exact) mass is 240 g/mol. The van der Waals surface area contributed by atoms with Crippen molar-refractivity contribution >= 4 is 11.3 Å². The maximum Gasteiger partial charge on any atom is 0.125 e. The van der Waals surface area contributed by atoms with Gasteiger partial charge in [-0.1, -0.05) is 25.7 Å². The van der Waals surface area contributed by atoms with Crippen LogP contribution in [0.4, 0.5) is 0 Å². The number of rotatable bonds is 3. The summed E-state index contributed by atoms with van der Waals surface area (Å²) in [5, 5.41) is 1.12. The van der Waals surface area contributed by atoms with Gasteiger partial charge < -0.3 is 10.5 Å². The summed E-state index contributed by atoms with van der Waals surface area (Å²) in [6.45, 7) is 0.581. The Morgan fingerprint density at radius 3 is 2.56 bits per heavy atom. The van der Waals surface area contributed by atoms with E-state index < -0.39 is 0 Å². The first kappa shape index (κ1) is 12.0. The van der Waals surface area contributed by atoms with Crippen LogP contribution in [0.3, 0.4) is 0 Å². The number of aromatic nitrogens is 1. The highest BCUT2D eigenvalue weighted by Gasteiger charge is 2.35. The average molecular weight is 240 g/mol. The fourth-order valence-corrected chi connectivity index (χ4v) is 3.43. The minimum absolute atomic E-state index is 0.130. The standard InChI is InChI=1S/C12H20N2OS/c1-15-12(6-4-2-3-5-7-12)11-14-9-10(8-13)16-11/h9H,2-8,13H2,1H3. The number of ether oxygens (including phenoxy) is 1. The van der Waals surface area contributed by atoms with E-state index >= 15 is 0 Å². The minimum Gasteiger partial charge on any atom is -0.371 e. The number of hydrogen-bond donors (Lipinski definition) is 1. The highest BCUT2D eigenvalue weighted by Crippen LogP contribution is 2.40. The van der Waals surface area contributed by atoms with E-state index in [2.05, 4.69) is 4.98 Å². The molecule has 1 saturated carbocycles. The van der Waals surface area contributed by atoms with Gasteiger partial charge in [0.2, 0.25) is 0 Å². The predicted octanol–water partition coefficient (Wildman–Crippen LogP) is 2.80. The Morgan fingerprint density at radius 2 is 2.06 bits per heavy atom. The summed E-state index contributed by atoms with van der Waals surface area (Å²) in [7, 11) is 1.81. The van der Waals surface area contributed by atoms with E-state index in [1.54, 1.807) is 11.3 Å². The van der Waals surface area contributed by atoms with Crippen molar-refractivity contribution in [1.82, 2.24) is 4.98 Å². The Hall–Kier alpha value is -0.450. The normalized spacial score (nSPS) is 20.6. The molecule has 0 spiro atoms. The fraction of sp³-hybridized carbons (Fsp3) is 0.750. The summed E-state index contributed by atoms with van der Waals surface area (Å²) in [6.07, 6.45) is 9.21. The van der Waals surface area contributed by atoms with Gasteiger partial charge in [-0.25, -0.2) is 4.98 Å². The van der Waals surface area contributed by atoms with Gasteiger partial charge in [-0.2, -0.15) is 0 Å². The van der Waals surface area contributed by atoms with Gasteiger partial charge in [-0.05, 0) is 12.8 Å². The Morgan fingerprint density at radius 1 is 1.38 bits per heavy atom. The fourth-order valence-electron chi connectivity index (χ4n) is 2.42. The van der Waals surface area contributed by atoms with E-state index in [9.17, 15) is 0 Å². The molecule has 2 N–H and O–H groups in total. The van der Waals surface area contributed by atoms with Crippen LogP contribution in [0.1, 0.15) is 48.4 Å². The second-order valence-electron chi connectivity index (χ2n) is 4.45. The van der Waals surface area contributed by atoms with Crippen molar-refractivity contribution < 1.29 is 4.74 Å². The van der Waals surface area contributed by atoms with Gasteiger partial charge in [-0.3, -0.25) is 0 Å². The number of methoxy groups -OCH3 is 1. The lowest BCUT2D eigenvalue weighted by atomic mass is 9.95. The molecule has 1 aliphatic carbocycles. The Kier molecular flexibility index (Phi) is 3.95. The van der Waals surface area contributed by atoms with E-state index in [4.69, 9.17) is 10.5 Å². The van der Waals surface area contributed by atoms with Crippen LogP contribution in [-0.2, 0) is 16.9 Å². The maximum atomic E-state index is 5.81. The summed E-state index contributed by atoms with van der Waals surface area (Å²) in [5.41, 5.74) is 5.51. The topological polar surface area (TPSA) is 48.1 Å². The molecule has 1 aliphatic rings. The molecular formula is C12H20N2OS. The second-order valence-corrected chi connectivity index (χ2v) is 5.56. The lowest BCUT2D eigenvalue weighted by Crippen LogP contribution is -2.27. The number of nitrogens with zero attached hydrogens (tertiary/aromatic N) is 1. The molecule has 3 nitrogen and oxygen atoms in total. The van der Waals surface area contributed by atoms with Crippen LogP contribution >= 0.6 is 11.3 Å². The molecule has 0 saturated heterocycles. The van der Waals surface area contributed by atoms with Crippen LogP contribution in [0, 0.1) is 0 Å². The Bertz CT molecular complexity index is 330. The molecule has 0 unspecified atom stereocenters.